The lowest BCUT2D eigenvalue weighted by Crippen LogP contribution is -2.37. The van der Waals surface area contributed by atoms with Gasteiger partial charge in [-0.3, -0.25) is 14.9 Å². The second-order valence-corrected chi connectivity index (χ2v) is 8.14. The van der Waals surface area contributed by atoms with E-state index < -0.39 is 5.91 Å². The van der Waals surface area contributed by atoms with Crippen molar-refractivity contribution in [3.8, 4) is 0 Å². The average molecular weight is 424 g/mol. The molecule has 7 nitrogen and oxygen atoms in total. The number of rotatable bonds is 5. The lowest BCUT2D eigenvalue weighted by atomic mass is 9.98. The van der Waals surface area contributed by atoms with Gasteiger partial charge in [0, 0.05) is 37.8 Å². The molecule has 1 fully saturated rings. The van der Waals surface area contributed by atoms with E-state index in [1.54, 1.807) is 18.3 Å². The minimum absolute atomic E-state index is 0.255. The van der Waals surface area contributed by atoms with E-state index in [0.29, 0.717) is 18.7 Å². The number of hydrogen-bond donors (Lipinski definition) is 1. The molecular weight excluding hydrogens is 399 g/mol. The zero-order chi connectivity index (χ0) is 21.4. The maximum absolute atomic E-state index is 13.3. The van der Waals surface area contributed by atoms with Crippen molar-refractivity contribution in [3.05, 3.63) is 64.9 Å². The van der Waals surface area contributed by atoms with Crippen LogP contribution in [0, 0.1) is 5.82 Å². The number of benzene rings is 1. The number of aromatic nitrogens is 2. The minimum atomic E-state index is -0.450. The summed E-state index contributed by atoms with van der Waals surface area (Å²) in [5.74, 6) is -0.705. The molecule has 0 unspecified atom stereocenters. The molecule has 8 heteroatoms. The van der Waals surface area contributed by atoms with E-state index in [4.69, 9.17) is 4.74 Å². The van der Waals surface area contributed by atoms with Crippen molar-refractivity contribution in [2.24, 2.45) is 0 Å². The maximum Gasteiger partial charge on any atom is 0.296 e. The first-order valence-corrected chi connectivity index (χ1v) is 10.6. The molecule has 1 aromatic carbocycles. The van der Waals surface area contributed by atoms with Crippen LogP contribution >= 0.6 is 0 Å². The molecule has 2 aliphatic rings. The molecule has 3 aromatic rings. The number of amides is 1. The van der Waals surface area contributed by atoms with Gasteiger partial charge in [-0.15, -0.1) is 0 Å². The first-order valence-electron chi connectivity index (χ1n) is 10.6. The van der Waals surface area contributed by atoms with Gasteiger partial charge in [-0.25, -0.2) is 14.4 Å². The summed E-state index contributed by atoms with van der Waals surface area (Å²) in [4.78, 5) is 19.2. The standard InChI is InChI=1S/C23H25FN4O3/c24-18-3-1-16(2-4-18)14-27-15-17(5-7-26-9-11-31-12-10-26)21-19-6-8-28(30)23(29)22(19)25-13-20(21)27/h1-4,13,15,30H,5-12,14H2. The summed E-state index contributed by atoms with van der Waals surface area (Å²) in [6, 6.07) is 6.51. The fraction of sp³-hybridized carbons (Fsp3) is 0.391. The summed E-state index contributed by atoms with van der Waals surface area (Å²) >= 11 is 0. The lowest BCUT2D eigenvalue weighted by molar-refractivity contribution is -0.0606. The van der Waals surface area contributed by atoms with Crippen LogP contribution in [0.1, 0.15) is 27.2 Å². The molecule has 0 radical (unpaired) electrons. The van der Waals surface area contributed by atoms with E-state index in [1.807, 2.05) is 0 Å². The molecule has 162 valence electrons. The quantitative estimate of drug-likeness (QED) is 0.638. The Morgan fingerprint density at radius 2 is 1.90 bits per heavy atom. The van der Waals surface area contributed by atoms with Crippen LogP contribution in [0.4, 0.5) is 4.39 Å². The molecule has 0 spiro atoms. The van der Waals surface area contributed by atoms with E-state index in [0.717, 1.165) is 66.4 Å². The summed E-state index contributed by atoms with van der Waals surface area (Å²) in [6.07, 6.45) is 5.26. The molecule has 2 aromatic heterocycles. The van der Waals surface area contributed by atoms with Gasteiger partial charge in [0.25, 0.3) is 5.91 Å². The number of carbonyl (C=O) groups excluding carboxylic acids is 1. The topological polar surface area (TPSA) is 70.8 Å². The largest absolute Gasteiger partial charge is 0.379 e. The SMILES string of the molecule is O=C1c2ncc3c(c(CCN4CCOCC4)cn3Cc3ccc(F)cc3)c2CCN1O. The first-order chi connectivity index (χ1) is 15.1. The highest BCUT2D eigenvalue weighted by Crippen LogP contribution is 2.31. The monoisotopic (exact) mass is 424 g/mol. The predicted molar refractivity (Wildman–Crippen MR) is 113 cm³/mol. The van der Waals surface area contributed by atoms with E-state index in [1.165, 1.54) is 17.7 Å². The van der Waals surface area contributed by atoms with Crippen LogP contribution in [0.15, 0.2) is 36.7 Å². The molecule has 31 heavy (non-hydrogen) atoms. The molecule has 1 N–H and O–H groups in total. The molecule has 0 saturated carbocycles. The predicted octanol–water partition coefficient (Wildman–Crippen LogP) is 2.49. The number of halogens is 1. The average Bonchev–Trinajstić information content (AvgIpc) is 3.15. The molecular formula is C23H25FN4O3. The van der Waals surface area contributed by atoms with E-state index in [2.05, 4.69) is 20.6 Å². The molecule has 0 bridgehead atoms. The summed E-state index contributed by atoms with van der Waals surface area (Å²) in [5, 5.41) is 11.6. The van der Waals surface area contributed by atoms with Crippen LogP contribution in [0.25, 0.3) is 10.9 Å². The van der Waals surface area contributed by atoms with Crippen LogP contribution in [0.3, 0.4) is 0 Å². The second-order valence-electron chi connectivity index (χ2n) is 8.14. The number of ether oxygens (including phenoxy) is 1. The van der Waals surface area contributed by atoms with Gasteiger partial charge in [-0.05, 0) is 41.7 Å². The molecule has 5 rings (SSSR count). The molecule has 1 amide bonds. The number of morpholine rings is 1. The molecule has 2 aliphatic heterocycles. The normalized spacial score (nSPS) is 17.4. The van der Waals surface area contributed by atoms with Gasteiger partial charge in [-0.1, -0.05) is 12.1 Å². The highest BCUT2D eigenvalue weighted by atomic mass is 19.1. The van der Waals surface area contributed by atoms with Crippen molar-refractivity contribution in [2.45, 2.75) is 19.4 Å². The molecule has 4 heterocycles. The Morgan fingerprint density at radius 3 is 2.68 bits per heavy atom. The number of hydroxylamine groups is 2. The molecule has 1 saturated heterocycles. The van der Waals surface area contributed by atoms with Crippen molar-refractivity contribution in [2.75, 3.05) is 39.4 Å². The van der Waals surface area contributed by atoms with E-state index in [9.17, 15) is 14.4 Å². The van der Waals surface area contributed by atoms with Gasteiger partial charge in [0.15, 0.2) is 0 Å². The zero-order valence-corrected chi connectivity index (χ0v) is 17.3. The molecule has 0 atom stereocenters. The van der Waals surface area contributed by atoms with Gasteiger partial charge in [0.2, 0.25) is 0 Å². The summed E-state index contributed by atoms with van der Waals surface area (Å²) in [7, 11) is 0. The Balaban J connectivity index is 1.54. The first kappa shape index (κ1) is 20.1. The smallest absolute Gasteiger partial charge is 0.296 e. The Kier molecular flexibility index (Phi) is 5.43. The minimum Gasteiger partial charge on any atom is -0.379 e. The zero-order valence-electron chi connectivity index (χ0n) is 17.3. The number of nitrogens with zero attached hydrogens (tertiary/aromatic N) is 4. The molecule has 0 aliphatic carbocycles. The number of fused-ring (bicyclic) bond motifs is 3. The third-order valence-corrected chi connectivity index (χ3v) is 6.18. The van der Waals surface area contributed by atoms with Crippen LogP contribution in [-0.4, -0.2) is 70.0 Å². The van der Waals surface area contributed by atoms with Gasteiger partial charge < -0.3 is 9.30 Å². The van der Waals surface area contributed by atoms with Crippen LogP contribution in [-0.2, 0) is 24.1 Å². The fourth-order valence-electron chi connectivity index (χ4n) is 4.52. The van der Waals surface area contributed by atoms with Crippen molar-refractivity contribution < 1.29 is 19.1 Å². The Bertz CT molecular complexity index is 1110. The summed E-state index contributed by atoms with van der Waals surface area (Å²) in [6.45, 7) is 5.13. The third kappa shape index (κ3) is 3.94. The van der Waals surface area contributed by atoms with E-state index in [-0.39, 0.29) is 12.4 Å². The number of hydrogen-bond acceptors (Lipinski definition) is 5. The Labute approximate surface area is 179 Å². The summed E-state index contributed by atoms with van der Waals surface area (Å²) in [5.41, 5.74) is 4.35. The Hall–Kier alpha value is -2.81. The van der Waals surface area contributed by atoms with Crippen LogP contribution < -0.4 is 0 Å². The maximum atomic E-state index is 13.3. The van der Waals surface area contributed by atoms with Crippen molar-refractivity contribution >= 4 is 16.8 Å². The lowest BCUT2D eigenvalue weighted by Gasteiger charge is -2.26. The Morgan fingerprint density at radius 1 is 1.13 bits per heavy atom. The summed E-state index contributed by atoms with van der Waals surface area (Å²) < 4.78 is 20.9. The van der Waals surface area contributed by atoms with Crippen molar-refractivity contribution in [1.82, 2.24) is 19.5 Å². The van der Waals surface area contributed by atoms with Gasteiger partial charge in [-0.2, -0.15) is 0 Å². The highest BCUT2D eigenvalue weighted by molar-refractivity contribution is 6.00. The van der Waals surface area contributed by atoms with Gasteiger partial charge in [0.05, 0.1) is 31.5 Å². The van der Waals surface area contributed by atoms with E-state index >= 15 is 0 Å². The van der Waals surface area contributed by atoms with Gasteiger partial charge >= 0.3 is 0 Å². The van der Waals surface area contributed by atoms with Crippen molar-refractivity contribution in [3.63, 3.8) is 0 Å². The van der Waals surface area contributed by atoms with Gasteiger partial charge in [0.1, 0.15) is 11.5 Å². The van der Waals surface area contributed by atoms with Crippen molar-refractivity contribution in [1.29, 1.82) is 0 Å². The van der Waals surface area contributed by atoms with Crippen LogP contribution in [0.2, 0.25) is 0 Å². The van der Waals surface area contributed by atoms with Crippen LogP contribution in [0.5, 0.6) is 0 Å². The number of pyridine rings is 1. The third-order valence-electron chi connectivity index (χ3n) is 6.18. The number of carbonyl (C=O) groups is 1. The fourth-order valence-corrected chi connectivity index (χ4v) is 4.52. The highest BCUT2D eigenvalue weighted by Gasteiger charge is 2.28. The second kappa shape index (κ2) is 8.37.